The molecule has 1 atom stereocenters. The molecule has 6 heteroatoms. The van der Waals surface area contributed by atoms with Crippen LogP contribution in [-0.4, -0.2) is 24.2 Å². The van der Waals surface area contributed by atoms with Crippen molar-refractivity contribution in [3.05, 3.63) is 18.2 Å². The van der Waals surface area contributed by atoms with Crippen molar-refractivity contribution in [1.82, 2.24) is 10.3 Å². The highest BCUT2D eigenvalue weighted by atomic mass is 32.1. The summed E-state index contributed by atoms with van der Waals surface area (Å²) in [5.41, 5.74) is 0.862. The third-order valence-corrected chi connectivity index (χ3v) is 4.44. The fourth-order valence-electron chi connectivity index (χ4n) is 2.14. The smallest absolute Gasteiger partial charge is 0.321 e. The van der Waals surface area contributed by atoms with Gasteiger partial charge in [-0.1, -0.05) is 11.3 Å². The molecule has 106 valence electrons. The van der Waals surface area contributed by atoms with Crippen LogP contribution >= 0.6 is 11.3 Å². The Kier molecular flexibility index (Phi) is 3.48. The SMILES string of the molecule is COc1ccc2nc(NC(=O)N[C@H](C)C3CC3)sc2c1. The van der Waals surface area contributed by atoms with Crippen LogP contribution in [0.1, 0.15) is 19.8 Å². The second-order valence-corrected chi connectivity index (χ2v) is 6.11. The topological polar surface area (TPSA) is 63.2 Å². The van der Waals surface area contributed by atoms with Gasteiger partial charge in [0, 0.05) is 6.04 Å². The van der Waals surface area contributed by atoms with E-state index >= 15 is 0 Å². The van der Waals surface area contributed by atoms with Crippen LogP contribution in [0.15, 0.2) is 18.2 Å². The number of nitrogens with one attached hydrogen (secondary N) is 2. The predicted octanol–water partition coefficient (Wildman–Crippen LogP) is 3.22. The van der Waals surface area contributed by atoms with Crippen LogP contribution in [0, 0.1) is 5.92 Å². The van der Waals surface area contributed by atoms with Gasteiger partial charge in [0.05, 0.1) is 17.3 Å². The molecule has 0 saturated heterocycles. The Bertz CT molecular complexity index is 636. The van der Waals surface area contributed by atoms with E-state index in [1.165, 1.54) is 24.2 Å². The first kappa shape index (κ1) is 13.2. The van der Waals surface area contributed by atoms with Gasteiger partial charge in [0.1, 0.15) is 5.75 Å². The van der Waals surface area contributed by atoms with E-state index < -0.39 is 0 Å². The lowest BCUT2D eigenvalue weighted by atomic mass is 10.2. The predicted molar refractivity (Wildman–Crippen MR) is 80.5 cm³/mol. The van der Waals surface area contributed by atoms with Crippen LogP contribution in [0.25, 0.3) is 10.2 Å². The van der Waals surface area contributed by atoms with Gasteiger partial charge < -0.3 is 10.1 Å². The van der Waals surface area contributed by atoms with Crippen molar-refractivity contribution in [3.8, 4) is 5.75 Å². The number of urea groups is 1. The molecule has 0 bridgehead atoms. The lowest BCUT2D eigenvalue weighted by molar-refractivity contribution is 0.248. The molecule has 2 amide bonds. The molecule has 0 aliphatic heterocycles. The van der Waals surface area contributed by atoms with Gasteiger partial charge in [-0.15, -0.1) is 0 Å². The van der Waals surface area contributed by atoms with Gasteiger partial charge in [0.25, 0.3) is 0 Å². The largest absolute Gasteiger partial charge is 0.497 e. The highest BCUT2D eigenvalue weighted by Crippen LogP contribution is 2.32. The van der Waals surface area contributed by atoms with Crippen molar-refractivity contribution >= 4 is 32.7 Å². The number of carbonyl (C=O) groups excluding carboxylic acids is 1. The highest BCUT2D eigenvalue weighted by molar-refractivity contribution is 7.22. The first-order chi connectivity index (χ1) is 9.65. The quantitative estimate of drug-likeness (QED) is 0.909. The van der Waals surface area contributed by atoms with Crippen LogP contribution in [-0.2, 0) is 0 Å². The fraction of sp³-hybridized carbons (Fsp3) is 0.429. The molecule has 0 unspecified atom stereocenters. The second kappa shape index (κ2) is 5.28. The van der Waals surface area contributed by atoms with Crippen LogP contribution in [0.2, 0.25) is 0 Å². The molecule has 1 fully saturated rings. The molecule has 0 radical (unpaired) electrons. The number of carbonyl (C=O) groups is 1. The number of hydrogen-bond donors (Lipinski definition) is 2. The van der Waals surface area contributed by atoms with Crippen molar-refractivity contribution in [1.29, 1.82) is 0 Å². The molecule has 1 aromatic carbocycles. The molecule has 2 aromatic rings. The maximum atomic E-state index is 11.9. The summed E-state index contributed by atoms with van der Waals surface area (Å²) in [6, 6.07) is 5.71. The standard InChI is InChI=1S/C14H17N3O2S/c1-8(9-3-4-9)15-13(18)17-14-16-11-6-5-10(19-2)7-12(11)20-14/h5-9H,3-4H2,1-2H3,(H2,15,16,17,18)/t8-/m1/s1. The number of hydrogen-bond acceptors (Lipinski definition) is 4. The molecular formula is C14H17N3O2S. The maximum Gasteiger partial charge on any atom is 0.321 e. The second-order valence-electron chi connectivity index (χ2n) is 5.08. The number of rotatable bonds is 4. The van der Waals surface area contributed by atoms with Gasteiger partial charge in [0.2, 0.25) is 0 Å². The highest BCUT2D eigenvalue weighted by Gasteiger charge is 2.28. The number of methoxy groups -OCH3 is 1. The van der Waals surface area contributed by atoms with E-state index in [0.29, 0.717) is 11.0 Å². The summed E-state index contributed by atoms with van der Waals surface area (Å²) in [6.07, 6.45) is 2.42. The molecule has 0 spiro atoms. The number of thiazole rings is 1. The van der Waals surface area contributed by atoms with Crippen molar-refractivity contribution in [2.75, 3.05) is 12.4 Å². The Balaban J connectivity index is 1.68. The number of fused-ring (bicyclic) bond motifs is 1. The maximum absolute atomic E-state index is 11.9. The lowest BCUT2D eigenvalue weighted by Gasteiger charge is -2.12. The summed E-state index contributed by atoms with van der Waals surface area (Å²) >= 11 is 1.44. The van der Waals surface area contributed by atoms with Crippen molar-refractivity contribution in [3.63, 3.8) is 0 Å². The Morgan fingerprint density at radius 3 is 3.00 bits per heavy atom. The summed E-state index contributed by atoms with van der Waals surface area (Å²) in [7, 11) is 1.63. The van der Waals surface area contributed by atoms with Crippen LogP contribution < -0.4 is 15.4 Å². The van der Waals surface area contributed by atoms with E-state index in [9.17, 15) is 4.79 Å². The van der Waals surface area contributed by atoms with Gasteiger partial charge in [-0.05, 0) is 43.9 Å². The summed E-state index contributed by atoms with van der Waals surface area (Å²) in [6.45, 7) is 2.04. The number of anilines is 1. The zero-order valence-corrected chi connectivity index (χ0v) is 12.3. The number of nitrogens with zero attached hydrogens (tertiary/aromatic N) is 1. The van der Waals surface area contributed by atoms with Crippen LogP contribution in [0.4, 0.5) is 9.93 Å². The van der Waals surface area contributed by atoms with E-state index in [0.717, 1.165) is 16.0 Å². The van der Waals surface area contributed by atoms with Gasteiger partial charge in [0.15, 0.2) is 5.13 Å². The van der Waals surface area contributed by atoms with Gasteiger partial charge in [-0.25, -0.2) is 9.78 Å². The van der Waals surface area contributed by atoms with E-state index in [2.05, 4.69) is 15.6 Å². The van der Waals surface area contributed by atoms with Gasteiger partial charge >= 0.3 is 6.03 Å². The normalized spacial score (nSPS) is 15.9. The molecule has 1 heterocycles. The number of ether oxygens (including phenoxy) is 1. The average molecular weight is 291 g/mol. The minimum atomic E-state index is -0.185. The number of aromatic nitrogens is 1. The molecule has 20 heavy (non-hydrogen) atoms. The number of benzene rings is 1. The summed E-state index contributed by atoms with van der Waals surface area (Å²) in [5.74, 6) is 1.43. The first-order valence-corrected chi connectivity index (χ1v) is 7.49. The minimum Gasteiger partial charge on any atom is -0.497 e. The Morgan fingerprint density at radius 1 is 1.50 bits per heavy atom. The zero-order valence-electron chi connectivity index (χ0n) is 11.5. The Hall–Kier alpha value is -1.82. The molecule has 3 rings (SSSR count). The van der Waals surface area contributed by atoms with Crippen molar-refractivity contribution in [2.24, 2.45) is 5.92 Å². The third-order valence-electron chi connectivity index (χ3n) is 3.50. The summed E-state index contributed by atoms with van der Waals surface area (Å²) in [5, 5.41) is 6.35. The third kappa shape index (κ3) is 2.85. The van der Waals surface area contributed by atoms with E-state index in [1.807, 2.05) is 25.1 Å². The molecule has 2 N–H and O–H groups in total. The monoisotopic (exact) mass is 291 g/mol. The number of amides is 2. The first-order valence-electron chi connectivity index (χ1n) is 6.68. The van der Waals surface area contributed by atoms with E-state index in [4.69, 9.17) is 4.74 Å². The lowest BCUT2D eigenvalue weighted by Crippen LogP contribution is -2.37. The summed E-state index contributed by atoms with van der Waals surface area (Å²) in [4.78, 5) is 16.3. The summed E-state index contributed by atoms with van der Waals surface area (Å²) < 4.78 is 6.17. The molecular weight excluding hydrogens is 274 g/mol. The van der Waals surface area contributed by atoms with Crippen molar-refractivity contribution < 1.29 is 9.53 Å². The fourth-order valence-corrected chi connectivity index (χ4v) is 3.03. The molecule has 1 aromatic heterocycles. The molecule has 5 nitrogen and oxygen atoms in total. The van der Waals surface area contributed by atoms with Crippen LogP contribution in [0.5, 0.6) is 5.75 Å². The molecule has 1 saturated carbocycles. The van der Waals surface area contributed by atoms with Crippen LogP contribution in [0.3, 0.4) is 0 Å². The Labute approximate surface area is 121 Å². The van der Waals surface area contributed by atoms with E-state index in [1.54, 1.807) is 7.11 Å². The average Bonchev–Trinajstić information content (AvgIpc) is 3.19. The van der Waals surface area contributed by atoms with Crippen molar-refractivity contribution in [2.45, 2.75) is 25.8 Å². The van der Waals surface area contributed by atoms with Gasteiger partial charge in [-0.3, -0.25) is 5.32 Å². The zero-order chi connectivity index (χ0) is 14.1. The minimum absolute atomic E-state index is 0.185. The molecule has 1 aliphatic carbocycles. The molecule has 1 aliphatic rings. The Morgan fingerprint density at radius 2 is 2.30 bits per heavy atom. The van der Waals surface area contributed by atoms with Gasteiger partial charge in [-0.2, -0.15) is 0 Å². The van der Waals surface area contributed by atoms with E-state index in [-0.39, 0.29) is 12.1 Å².